The third-order valence-electron chi connectivity index (χ3n) is 2.58. The molecular formula is C12H17BrO3. The fourth-order valence-electron chi connectivity index (χ4n) is 1.61. The second-order valence-corrected chi connectivity index (χ2v) is 4.72. The van der Waals surface area contributed by atoms with Gasteiger partial charge in [0.2, 0.25) is 0 Å². The van der Waals surface area contributed by atoms with Crippen LogP contribution < -0.4 is 4.74 Å². The number of ether oxygens (including phenoxy) is 1. The molecule has 2 unspecified atom stereocenters. The molecule has 0 radical (unpaired) electrons. The molecule has 2 atom stereocenters. The standard InChI is InChI=1S/C12H17BrO3/c1-8(5-10(15)7-14)9-3-4-12(16-2)11(13)6-9/h3-4,6,8,10,14-15H,5,7H2,1-2H3. The third-order valence-corrected chi connectivity index (χ3v) is 3.20. The zero-order valence-electron chi connectivity index (χ0n) is 9.48. The number of aliphatic hydroxyl groups excluding tert-OH is 2. The Bertz CT molecular complexity index is 341. The van der Waals surface area contributed by atoms with Crippen LogP contribution in [0.1, 0.15) is 24.8 Å². The summed E-state index contributed by atoms with van der Waals surface area (Å²) in [5, 5.41) is 18.2. The van der Waals surface area contributed by atoms with Gasteiger partial charge in [-0.25, -0.2) is 0 Å². The lowest BCUT2D eigenvalue weighted by atomic mass is 9.95. The quantitative estimate of drug-likeness (QED) is 0.874. The Labute approximate surface area is 104 Å². The summed E-state index contributed by atoms with van der Waals surface area (Å²) >= 11 is 3.42. The smallest absolute Gasteiger partial charge is 0.133 e. The molecule has 0 fully saturated rings. The average Bonchev–Trinajstić information content (AvgIpc) is 2.28. The van der Waals surface area contributed by atoms with E-state index >= 15 is 0 Å². The van der Waals surface area contributed by atoms with E-state index in [-0.39, 0.29) is 12.5 Å². The lowest BCUT2D eigenvalue weighted by molar-refractivity contribution is 0.0835. The van der Waals surface area contributed by atoms with Crippen molar-refractivity contribution in [2.45, 2.75) is 25.4 Å². The largest absolute Gasteiger partial charge is 0.496 e. The summed E-state index contributed by atoms with van der Waals surface area (Å²) in [6.45, 7) is 1.83. The molecule has 1 aromatic rings. The summed E-state index contributed by atoms with van der Waals surface area (Å²) in [6, 6.07) is 5.84. The van der Waals surface area contributed by atoms with Crippen LogP contribution in [-0.2, 0) is 0 Å². The van der Waals surface area contributed by atoms with Crippen molar-refractivity contribution in [1.29, 1.82) is 0 Å². The van der Waals surface area contributed by atoms with Gasteiger partial charge in [-0.1, -0.05) is 13.0 Å². The molecule has 0 saturated carbocycles. The van der Waals surface area contributed by atoms with Gasteiger partial charge in [0.15, 0.2) is 0 Å². The van der Waals surface area contributed by atoms with Crippen LogP contribution in [0.15, 0.2) is 22.7 Å². The minimum atomic E-state index is -0.657. The molecule has 4 heteroatoms. The second kappa shape index (κ2) is 6.23. The lowest BCUT2D eigenvalue weighted by Crippen LogP contribution is -2.15. The maximum Gasteiger partial charge on any atom is 0.133 e. The van der Waals surface area contributed by atoms with E-state index < -0.39 is 6.10 Å². The highest BCUT2D eigenvalue weighted by molar-refractivity contribution is 9.10. The molecule has 3 nitrogen and oxygen atoms in total. The maximum atomic E-state index is 9.37. The number of benzene rings is 1. The second-order valence-electron chi connectivity index (χ2n) is 3.87. The number of rotatable bonds is 5. The van der Waals surface area contributed by atoms with E-state index in [2.05, 4.69) is 15.9 Å². The van der Waals surface area contributed by atoms with E-state index in [1.165, 1.54) is 0 Å². The highest BCUT2D eigenvalue weighted by Crippen LogP contribution is 2.30. The Kier molecular flexibility index (Phi) is 5.25. The summed E-state index contributed by atoms with van der Waals surface area (Å²) in [5.41, 5.74) is 1.11. The molecule has 0 aliphatic carbocycles. The van der Waals surface area contributed by atoms with E-state index in [9.17, 15) is 5.11 Å². The van der Waals surface area contributed by atoms with Crippen molar-refractivity contribution in [3.05, 3.63) is 28.2 Å². The van der Waals surface area contributed by atoms with E-state index in [4.69, 9.17) is 9.84 Å². The summed E-state index contributed by atoms with van der Waals surface area (Å²) < 4.78 is 6.05. The Morgan fingerprint density at radius 3 is 2.62 bits per heavy atom. The Balaban J connectivity index is 2.76. The number of aliphatic hydroxyl groups is 2. The van der Waals surface area contributed by atoms with Crippen molar-refractivity contribution >= 4 is 15.9 Å². The molecule has 0 bridgehead atoms. The summed E-state index contributed by atoms with van der Waals surface area (Å²) in [6.07, 6.45) is -0.106. The van der Waals surface area contributed by atoms with Crippen molar-refractivity contribution < 1.29 is 14.9 Å². The van der Waals surface area contributed by atoms with Gasteiger partial charge in [-0.2, -0.15) is 0 Å². The molecule has 2 N–H and O–H groups in total. The van der Waals surface area contributed by atoms with Gasteiger partial charge < -0.3 is 14.9 Å². The summed E-state index contributed by atoms with van der Waals surface area (Å²) in [7, 11) is 1.62. The van der Waals surface area contributed by atoms with Crippen LogP contribution in [-0.4, -0.2) is 30.0 Å². The first-order valence-corrected chi connectivity index (χ1v) is 6.00. The zero-order chi connectivity index (χ0) is 12.1. The predicted molar refractivity (Wildman–Crippen MR) is 66.8 cm³/mol. The number of hydrogen-bond acceptors (Lipinski definition) is 3. The number of halogens is 1. The van der Waals surface area contributed by atoms with Crippen LogP contribution in [0.25, 0.3) is 0 Å². The molecule has 0 saturated heterocycles. The fourth-order valence-corrected chi connectivity index (χ4v) is 2.17. The van der Waals surface area contributed by atoms with E-state index in [1.54, 1.807) is 7.11 Å². The normalized spacial score (nSPS) is 14.6. The molecule has 0 amide bonds. The molecule has 1 rings (SSSR count). The molecule has 1 aromatic carbocycles. The molecule has 90 valence electrons. The van der Waals surface area contributed by atoms with Crippen LogP contribution in [0.2, 0.25) is 0 Å². The number of methoxy groups -OCH3 is 1. The Morgan fingerprint density at radius 1 is 1.44 bits per heavy atom. The van der Waals surface area contributed by atoms with Gasteiger partial charge in [0.1, 0.15) is 5.75 Å². The first-order chi connectivity index (χ1) is 7.58. The van der Waals surface area contributed by atoms with Crippen LogP contribution in [0.5, 0.6) is 5.75 Å². The molecule has 0 heterocycles. The SMILES string of the molecule is COc1ccc(C(C)CC(O)CO)cc1Br. The van der Waals surface area contributed by atoms with E-state index in [0.29, 0.717) is 6.42 Å². The fraction of sp³-hybridized carbons (Fsp3) is 0.500. The Morgan fingerprint density at radius 2 is 2.12 bits per heavy atom. The summed E-state index contributed by atoms with van der Waals surface area (Å²) in [5.74, 6) is 0.989. The minimum Gasteiger partial charge on any atom is -0.496 e. The first-order valence-electron chi connectivity index (χ1n) is 5.20. The first kappa shape index (κ1) is 13.5. The highest BCUT2D eigenvalue weighted by atomic mass is 79.9. The molecular weight excluding hydrogens is 272 g/mol. The number of hydrogen-bond donors (Lipinski definition) is 2. The highest BCUT2D eigenvalue weighted by Gasteiger charge is 2.12. The van der Waals surface area contributed by atoms with Gasteiger partial charge in [0.25, 0.3) is 0 Å². The molecule has 16 heavy (non-hydrogen) atoms. The topological polar surface area (TPSA) is 49.7 Å². The van der Waals surface area contributed by atoms with Crippen molar-refractivity contribution in [1.82, 2.24) is 0 Å². The van der Waals surface area contributed by atoms with Gasteiger partial charge in [-0.3, -0.25) is 0 Å². The molecule has 0 aliphatic rings. The van der Waals surface area contributed by atoms with Gasteiger partial charge >= 0.3 is 0 Å². The van der Waals surface area contributed by atoms with Crippen LogP contribution in [0, 0.1) is 0 Å². The molecule has 0 aromatic heterocycles. The predicted octanol–water partition coefficient (Wildman–Crippen LogP) is 2.30. The van der Waals surface area contributed by atoms with Gasteiger partial charge in [0, 0.05) is 0 Å². The van der Waals surface area contributed by atoms with Crippen LogP contribution >= 0.6 is 15.9 Å². The van der Waals surface area contributed by atoms with Crippen molar-refractivity contribution in [3.8, 4) is 5.75 Å². The molecule has 0 aliphatic heterocycles. The monoisotopic (exact) mass is 288 g/mol. The van der Waals surface area contributed by atoms with Gasteiger partial charge in [0.05, 0.1) is 24.3 Å². The van der Waals surface area contributed by atoms with Crippen LogP contribution in [0.3, 0.4) is 0 Å². The van der Waals surface area contributed by atoms with Crippen molar-refractivity contribution in [2.75, 3.05) is 13.7 Å². The molecule has 0 spiro atoms. The van der Waals surface area contributed by atoms with Crippen LogP contribution in [0.4, 0.5) is 0 Å². The van der Waals surface area contributed by atoms with E-state index in [1.807, 2.05) is 25.1 Å². The van der Waals surface area contributed by atoms with Crippen molar-refractivity contribution in [3.63, 3.8) is 0 Å². The zero-order valence-corrected chi connectivity index (χ0v) is 11.1. The maximum absolute atomic E-state index is 9.37. The van der Waals surface area contributed by atoms with E-state index in [0.717, 1.165) is 15.8 Å². The van der Waals surface area contributed by atoms with Gasteiger partial charge in [-0.15, -0.1) is 0 Å². The average molecular weight is 289 g/mol. The van der Waals surface area contributed by atoms with Crippen molar-refractivity contribution in [2.24, 2.45) is 0 Å². The summed E-state index contributed by atoms with van der Waals surface area (Å²) in [4.78, 5) is 0. The third kappa shape index (κ3) is 3.47. The lowest BCUT2D eigenvalue weighted by Gasteiger charge is -2.16. The Hall–Kier alpha value is -0.580. The van der Waals surface area contributed by atoms with Gasteiger partial charge in [-0.05, 0) is 46.0 Å². The minimum absolute atomic E-state index is 0.193.